The van der Waals surface area contributed by atoms with E-state index in [4.69, 9.17) is 23.2 Å². The molecule has 0 saturated carbocycles. The third-order valence-electron chi connectivity index (χ3n) is 3.65. The Morgan fingerprint density at radius 3 is 2.43 bits per heavy atom. The average Bonchev–Trinajstić information content (AvgIpc) is 2.86. The quantitative estimate of drug-likeness (QED) is 0.710. The minimum atomic E-state index is -1.11. The highest BCUT2D eigenvalue weighted by Gasteiger charge is 2.20. The van der Waals surface area contributed by atoms with Crippen LogP contribution in [0, 0.1) is 0 Å². The fourth-order valence-electron chi connectivity index (χ4n) is 2.67. The van der Waals surface area contributed by atoms with Crippen LogP contribution in [0.4, 0.5) is 0 Å². The smallest absolute Gasteiger partial charge is 0.106 e. The molecule has 0 bridgehead atoms. The van der Waals surface area contributed by atoms with Crippen LogP contribution in [-0.2, 0) is 10.8 Å². The molecule has 2 unspecified atom stereocenters. The van der Waals surface area contributed by atoms with Crippen molar-refractivity contribution in [2.24, 2.45) is 0 Å². The number of rotatable bonds is 4. The standard InChI is InChI=1S/C17H15Cl2NO2S/c1-23(22)9-15(21)17-16(10-2-4-11(18)5-3-10)13-8-12(19)6-7-14(13)20-17/h2-8,15,20-21H,9H2,1H3. The van der Waals surface area contributed by atoms with Gasteiger partial charge in [-0.1, -0.05) is 35.3 Å². The lowest BCUT2D eigenvalue weighted by molar-refractivity contribution is 0.199. The molecular formula is C17H15Cl2NO2S. The molecule has 0 aliphatic carbocycles. The van der Waals surface area contributed by atoms with Gasteiger partial charge in [-0.25, -0.2) is 0 Å². The zero-order chi connectivity index (χ0) is 16.6. The maximum absolute atomic E-state index is 11.5. The number of H-pyrrole nitrogens is 1. The number of benzene rings is 2. The lowest BCUT2D eigenvalue weighted by atomic mass is 10.00. The number of halogens is 2. The summed E-state index contributed by atoms with van der Waals surface area (Å²) in [6.45, 7) is 0. The molecule has 2 N–H and O–H groups in total. The molecule has 3 rings (SSSR count). The maximum Gasteiger partial charge on any atom is 0.106 e. The van der Waals surface area contributed by atoms with Crippen molar-refractivity contribution in [1.82, 2.24) is 4.98 Å². The molecule has 120 valence electrons. The predicted octanol–water partition coefficient (Wildman–Crippen LogP) is 4.55. The first kappa shape index (κ1) is 16.5. The van der Waals surface area contributed by atoms with Crippen molar-refractivity contribution in [3.63, 3.8) is 0 Å². The van der Waals surface area contributed by atoms with Gasteiger partial charge in [0.15, 0.2) is 0 Å². The largest absolute Gasteiger partial charge is 0.386 e. The first-order valence-corrected chi connectivity index (χ1v) is 9.49. The molecule has 0 radical (unpaired) electrons. The molecule has 0 aliphatic heterocycles. The molecule has 3 nitrogen and oxygen atoms in total. The van der Waals surface area contributed by atoms with Gasteiger partial charge < -0.3 is 10.1 Å². The zero-order valence-corrected chi connectivity index (χ0v) is 14.7. The number of aliphatic hydroxyl groups excluding tert-OH is 1. The van der Waals surface area contributed by atoms with Crippen molar-refractivity contribution in [3.05, 3.63) is 58.2 Å². The van der Waals surface area contributed by atoms with E-state index in [1.165, 1.54) is 0 Å². The summed E-state index contributed by atoms with van der Waals surface area (Å²) in [5.74, 6) is 0.168. The van der Waals surface area contributed by atoms with Crippen molar-refractivity contribution >= 4 is 44.9 Å². The number of aliphatic hydroxyl groups is 1. The fourth-order valence-corrected chi connectivity index (χ4v) is 3.58. The van der Waals surface area contributed by atoms with Crippen molar-refractivity contribution in [3.8, 4) is 11.1 Å². The van der Waals surface area contributed by atoms with E-state index in [0.717, 1.165) is 22.0 Å². The van der Waals surface area contributed by atoms with Crippen LogP contribution in [0.2, 0.25) is 10.0 Å². The lowest BCUT2D eigenvalue weighted by Gasteiger charge is -2.11. The second kappa shape index (κ2) is 6.65. The Morgan fingerprint density at radius 2 is 1.78 bits per heavy atom. The first-order chi connectivity index (χ1) is 11.0. The maximum atomic E-state index is 11.5. The van der Waals surface area contributed by atoms with E-state index in [-0.39, 0.29) is 5.75 Å². The Bertz CT molecular complexity index is 874. The van der Waals surface area contributed by atoms with Crippen LogP contribution in [0.1, 0.15) is 11.8 Å². The Morgan fingerprint density at radius 1 is 1.13 bits per heavy atom. The molecule has 1 heterocycles. The second-order valence-corrected chi connectivity index (χ2v) is 7.72. The third-order valence-corrected chi connectivity index (χ3v) is 4.92. The molecule has 6 heteroatoms. The highest BCUT2D eigenvalue weighted by molar-refractivity contribution is 7.84. The number of nitrogens with one attached hydrogen (secondary N) is 1. The van der Waals surface area contributed by atoms with E-state index in [0.29, 0.717) is 15.7 Å². The number of hydrogen-bond acceptors (Lipinski definition) is 2. The number of hydrogen-bond donors (Lipinski definition) is 2. The highest BCUT2D eigenvalue weighted by atomic mass is 35.5. The van der Waals surface area contributed by atoms with Crippen molar-refractivity contribution in [1.29, 1.82) is 0 Å². The second-order valence-electron chi connectivity index (χ2n) is 5.37. The number of aromatic nitrogens is 1. The molecule has 2 atom stereocenters. The Hall–Kier alpha value is -1.33. The summed E-state index contributed by atoms with van der Waals surface area (Å²) in [5.41, 5.74) is 3.28. The van der Waals surface area contributed by atoms with E-state index in [9.17, 15) is 9.32 Å². The molecule has 0 spiro atoms. The van der Waals surface area contributed by atoms with E-state index in [1.54, 1.807) is 24.5 Å². The van der Waals surface area contributed by atoms with Crippen LogP contribution >= 0.6 is 23.2 Å². The Kier molecular flexibility index (Phi) is 4.78. The highest BCUT2D eigenvalue weighted by Crippen LogP contribution is 2.37. The molecule has 0 saturated heterocycles. The van der Waals surface area contributed by atoms with Crippen LogP contribution in [-0.4, -0.2) is 26.3 Å². The van der Waals surface area contributed by atoms with Gasteiger partial charge in [0.05, 0.1) is 11.4 Å². The molecule has 1 aromatic heterocycles. The first-order valence-electron chi connectivity index (χ1n) is 7.01. The Balaban J connectivity index is 2.24. The summed E-state index contributed by atoms with van der Waals surface area (Å²) in [7, 11) is -1.11. The minimum Gasteiger partial charge on any atom is -0.386 e. The molecule has 23 heavy (non-hydrogen) atoms. The molecule has 0 amide bonds. The van der Waals surface area contributed by atoms with Gasteiger partial charge in [-0.2, -0.15) is 0 Å². The number of aromatic amines is 1. The van der Waals surface area contributed by atoms with Crippen LogP contribution in [0.5, 0.6) is 0 Å². The summed E-state index contributed by atoms with van der Waals surface area (Å²) >= 11 is 12.1. The minimum absolute atomic E-state index is 0.168. The van der Waals surface area contributed by atoms with E-state index >= 15 is 0 Å². The average molecular weight is 368 g/mol. The topological polar surface area (TPSA) is 53.1 Å². The van der Waals surface area contributed by atoms with Crippen LogP contribution in [0.15, 0.2) is 42.5 Å². The van der Waals surface area contributed by atoms with Crippen LogP contribution in [0.25, 0.3) is 22.0 Å². The SMILES string of the molecule is CS(=O)CC(O)c1[nH]c2ccc(Cl)cc2c1-c1ccc(Cl)cc1. The zero-order valence-electron chi connectivity index (χ0n) is 12.3. The van der Waals surface area contributed by atoms with Gasteiger partial charge in [-0.05, 0) is 35.9 Å². The molecule has 0 fully saturated rings. The lowest BCUT2D eigenvalue weighted by Crippen LogP contribution is -2.09. The monoisotopic (exact) mass is 367 g/mol. The van der Waals surface area contributed by atoms with Crippen LogP contribution in [0.3, 0.4) is 0 Å². The van der Waals surface area contributed by atoms with Gasteiger partial charge in [0.25, 0.3) is 0 Å². The number of fused-ring (bicyclic) bond motifs is 1. The fraction of sp³-hybridized carbons (Fsp3) is 0.176. The summed E-state index contributed by atoms with van der Waals surface area (Å²) < 4.78 is 11.5. The van der Waals surface area contributed by atoms with E-state index in [1.807, 2.05) is 24.3 Å². The Labute approximate surface area is 146 Å². The van der Waals surface area contributed by atoms with Gasteiger partial charge in [0, 0.05) is 43.6 Å². The molecule has 3 aromatic rings. The van der Waals surface area contributed by atoms with Gasteiger partial charge in [-0.3, -0.25) is 4.21 Å². The summed E-state index contributed by atoms with van der Waals surface area (Å²) in [4.78, 5) is 3.23. The summed E-state index contributed by atoms with van der Waals surface area (Å²) in [5, 5.41) is 12.6. The third kappa shape index (κ3) is 3.45. The van der Waals surface area contributed by atoms with Crippen molar-refractivity contribution in [2.75, 3.05) is 12.0 Å². The van der Waals surface area contributed by atoms with Crippen molar-refractivity contribution < 1.29 is 9.32 Å². The van der Waals surface area contributed by atoms with Crippen molar-refractivity contribution in [2.45, 2.75) is 6.10 Å². The molecule has 2 aromatic carbocycles. The molecule has 0 aliphatic rings. The van der Waals surface area contributed by atoms with E-state index in [2.05, 4.69) is 4.98 Å². The van der Waals surface area contributed by atoms with Gasteiger partial charge in [0.2, 0.25) is 0 Å². The van der Waals surface area contributed by atoms with Crippen LogP contribution < -0.4 is 0 Å². The normalized spacial score (nSPS) is 14.1. The van der Waals surface area contributed by atoms with Gasteiger partial charge in [-0.15, -0.1) is 0 Å². The predicted molar refractivity (Wildman–Crippen MR) is 97.6 cm³/mol. The molecular weight excluding hydrogens is 353 g/mol. The summed E-state index contributed by atoms with van der Waals surface area (Å²) in [6, 6.07) is 12.9. The van der Waals surface area contributed by atoms with Gasteiger partial charge in [0.1, 0.15) is 6.10 Å². The van der Waals surface area contributed by atoms with E-state index < -0.39 is 16.9 Å². The van der Waals surface area contributed by atoms with Gasteiger partial charge >= 0.3 is 0 Å². The summed E-state index contributed by atoms with van der Waals surface area (Å²) in [6.07, 6.45) is 0.725.